The molecule has 0 radical (unpaired) electrons. The number of nitrogens with one attached hydrogen (secondary N) is 1. The van der Waals surface area contributed by atoms with Crippen LogP contribution in [0.25, 0.3) is 22.2 Å². The Labute approximate surface area is 197 Å². The summed E-state index contributed by atoms with van der Waals surface area (Å²) < 4.78 is 36.4. The maximum atomic E-state index is 14.6. The van der Waals surface area contributed by atoms with E-state index >= 15 is 0 Å². The van der Waals surface area contributed by atoms with Gasteiger partial charge in [-0.3, -0.25) is 0 Å². The number of para-hydroxylation sites is 1. The third kappa shape index (κ3) is 4.88. The highest BCUT2D eigenvalue weighted by atomic mass is 79.9. The van der Waals surface area contributed by atoms with Gasteiger partial charge in [-0.15, -0.1) is 4.72 Å². The zero-order chi connectivity index (χ0) is 22.9. The normalized spacial score (nSPS) is 13.9. The molecule has 4 rings (SSSR count). The van der Waals surface area contributed by atoms with Crippen molar-refractivity contribution in [3.63, 3.8) is 0 Å². The number of rotatable bonds is 6. The molecule has 0 spiro atoms. The lowest BCUT2D eigenvalue weighted by Gasteiger charge is -2.29. The molecule has 2 atom stereocenters. The SMILES string of the molecule is CC(C)(C)[S+]([O-])NC(Cc1nc(Br)ccc1F)c1ccccc1-c1noc2ccccc12. The van der Waals surface area contributed by atoms with Gasteiger partial charge in [0.05, 0.1) is 11.7 Å². The molecule has 8 heteroatoms. The highest BCUT2D eigenvalue weighted by Crippen LogP contribution is 2.35. The molecular weight excluding hydrogens is 493 g/mol. The van der Waals surface area contributed by atoms with E-state index in [1.54, 1.807) is 6.07 Å². The Morgan fingerprint density at radius 2 is 1.81 bits per heavy atom. The predicted molar refractivity (Wildman–Crippen MR) is 129 cm³/mol. The molecule has 1 N–H and O–H groups in total. The highest BCUT2D eigenvalue weighted by molar-refractivity contribution is 9.10. The zero-order valence-electron chi connectivity index (χ0n) is 17.9. The molecule has 2 aromatic carbocycles. The summed E-state index contributed by atoms with van der Waals surface area (Å²) in [5, 5.41) is 5.18. The zero-order valence-corrected chi connectivity index (χ0v) is 20.3. The quantitative estimate of drug-likeness (QED) is 0.247. The summed E-state index contributed by atoms with van der Waals surface area (Å²) in [6.07, 6.45) is 0.208. The van der Waals surface area contributed by atoms with Gasteiger partial charge in [0.2, 0.25) is 0 Å². The van der Waals surface area contributed by atoms with Crippen LogP contribution in [0.4, 0.5) is 4.39 Å². The second-order valence-corrected chi connectivity index (χ2v) is 11.2. The van der Waals surface area contributed by atoms with Crippen molar-refractivity contribution in [2.45, 2.75) is 38.0 Å². The van der Waals surface area contributed by atoms with Crippen molar-refractivity contribution in [3.8, 4) is 11.3 Å². The Morgan fingerprint density at radius 3 is 2.59 bits per heavy atom. The summed E-state index contributed by atoms with van der Waals surface area (Å²) >= 11 is 1.93. The van der Waals surface area contributed by atoms with E-state index in [4.69, 9.17) is 4.52 Å². The van der Waals surface area contributed by atoms with E-state index in [0.29, 0.717) is 15.9 Å². The second-order valence-electron chi connectivity index (χ2n) is 8.43. The van der Waals surface area contributed by atoms with E-state index in [-0.39, 0.29) is 12.1 Å². The Bertz CT molecular complexity index is 1240. The average molecular weight is 516 g/mol. The fourth-order valence-electron chi connectivity index (χ4n) is 3.41. The smallest absolute Gasteiger partial charge is 0.167 e. The molecule has 32 heavy (non-hydrogen) atoms. The Hall–Kier alpha value is -2.26. The molecule has 0 amide bonds. The molecule has 0 saturated carbocycles. The topological polar surface area (TPSA) is 74.0 Å². The van der Waals surface area contributed by atoms with Crippen LogP contribution < -0.4 is 4.72 Å². The largest absolute Gasteiger partial charge is 0.598 e. The molecule has 2 unspecified atom stereocenters. The predicted octanol–water partition coefficient (Wildman–Crippen LogP) is 6.13. The van der Waals surface area contributed by atoms with Gasteiger partial charge in [0.1, 0.15) is 20.9 Å². The standard InChI is InChI=1S/C24H23BrFN3O2S/c1-24(2,3)32(30)29-19(14-20-18(26)12-13-22(25)27-20)15-8-4-5-9-16(15)23-17-10-6-7-11-21(17)31-28-23/h4-13,19,29H,14H2,1-3H3. The first-order valence-electron chi connectivity index (χ1n) is 10.2. The van der Waals surface area contributed by atoms with Crippen LogP contribution in [0.5, 0.6) is 0 Å². The summed E-state index contributed by atoms with van der Waals surface area (Å²) in [7, 11) is 0. The molecule has 4 aromatic rings. The minimum Gasteiger partial charge on any atom is -0.598 e. The lowest BCUT2D eigenvalue weighted by atomic mass is 9.94. The molecule has 0 bridgehead atoms. The first-order valence-corrected chi connectivity index (χ1v) is 12.1. The van der Waals surface area contributed by atoms with Gasteiger partial charge in [-0.05, 0) is 66.5 Å². The van der Waals surface area contributed by atoms with Crippen molar-refractivity contribution in [1.29, 1.82) is 0 Å². The number of nitrogens with zero attached hydrogens (tertiary/aromatic N) is 2. The molecule has 2 heterocycles. The van der Waals surface area contributed by atoms with Gasteiger partial charge in [0.25, 0.3) is 0 Å². The van der Waals surface area contributed by atoms with Crippen molar-refractivity contribution in [1.82, 2.24) is 14.9 Å². The van der Waals surface area contributed by atoms with Crippen molar-refractivity contribution in [3.05, 3.63) is 82.3 Å². The van der Waals surface area contributed by atoms with Crippen molar-refractivity contribution in [2.24, 2.45) is 0 Å². The molecule has 0 aliphatic rings. The molecule has 5 nitrogen and oxygen atoms in total. The lowest BCUT2D eigenvalue weighted by molar-refractivity contribution is 0.459. The fourth-order valence-corrected chi connectivity index (χ4v) is 4.58. The highest BCUT2D eigenvalue weighted by Gasteiger charge is 2.32. The van der Waals surface area contributed by atoms with E-state index in [0.717, 1.165) is 16.5 Å². The second kappa shape index (κ2) is 9.31. The van der Waals surface area contributed by atoms with Gasteiger partial charge in [-0.1, -0.05) is 41.6 Å². The fraction of sp³-hybridized carbons (Fsp3) is 0.250. The minimum atomic E-state index is -1.39. The number of hydrogen-bond acceptors (Lipinski definition) is 5. The van der Waals surface area contributed by atoms with Crippen LogP contribution in [0.15, 0.2) is 69.8 Å². The molecule has 166 valence electrons. The molecule has 2 aromatic heterocycles. The maximum absolute atomic E-state index is 14.6. The van der Waals surface area contributed by atoms with E-state index in [1.807, 2.05) is 69.3 Å². The number of benzene rings is 2. The molecule has 0 fully saturated rings. The number of halogens is 2. The summed E-state index contributed by atoms with van der Waals surface area (Å²) in [4.78, 5) is 4.32. The van der Waals surface area contributed by atoms with E-state index < -0.39 is 28.0 Å². The van der Waals surface area contributed by atoms with Gasteiger partial charge in [0, 0.05) is 28.7 Å². The van der Waals surface area contributed by atoms with Crippen molar-refractivity contribution in [2.75, 3.05) is 0 Å². The van der Waals surface area contributed by atoms with Gasteiger partial charge >= 0.3 is 0 Å². The Kier molecular flexibility index (Phi) is 6.67. The molecule has 0 saturated heterocycles. The van der Waals surface area contributed by atoms with E-state index in [1.165, 1.54) is 6.07 Å². The Balaban J connectivity index is 1.82. The summed E-state index contributed by atoms with van der Waals surface area (Å²) in [5.41, 5.74) is 3.32. The van der Waals surface area contributed by atoms with Crippen LogP contribution >= 0.6 is 15.9 Å². The number of pyridine rings is 1. The molecule has 0 aliphatic heterocycles. The third-order valence-electron chi connectivity index (χ3n) is 5.06. The van der Waals surface area contributed by atoms with Crippen LogP contribution in [0.3, 0.4) is 0 Å². The number of fused-ring (bicyclic) bond motifs is 1. The van der Waals surface area contributed by atoms with Gasteiger partial charge in [0.15, 0.2) is 5.58 Å². The van der Waals surface area contributed by atoms with Gasteiger partial charge < -0.3 is 9.08 Å². The first-order chi connectivity index (χ1) is 15.2. The van der Waals surface area contributed by atoms with Gasteiger partial charge in [-0.25, -0.2) is 9.37 Å². The summed E-state index contributed by atoms with van der Waals surface area (Å²) in [6, 6.07) is 17.8. The minimum absolute atomic E-state index is 0.208. The third-order valence-corrected chi connectivity index (χ3v) is 7.11. The van der Waals surface area contributed by atoms with Crippen molar-refractivity contribution >= 4 is 38.3 Å². The van der Waals surface area contributed by atoms with Crippen LogP contribution in [0.1, 0.15) is 38.1 Å². The molecule has 0 aliphatic carbocycles. The van der Waals surface area contributed by atoms with Crippen LogP contribution in [0.2, 0.25) is 0 Å². The maximum Gasteiger partial charge on any atom is 0.167 e. The molecular formula is C24H23BrFN3O2S. The van der Waals surface area contributed by atoms with E-state index in [2.05, 4.69) is 30.8 Å². The first kappa shape index (κ1) is 22.9. The number of aromatic nitrogens is 2. The van der Waals surface area contributed by atoms with Crippen LogP contribution in [-0.4, -0.2) is 19.4 Å². The summed E-state index contributed by atoms with van der Waals surface area (Å²) in [6.45, 7) is 5.67. The van der Waals surface area contributed by atoms with Crippen LogP contribution in [-0.2, 0) is 17.8 Å². The van der Waals surface area contributed by atoms with Gasteiger partial charge in [-0.2, -0.15) is 0 Å². The van der Waals surface area contributed by atoms with Crippen LogP contribution in [0, 0.1) is 5.82 Å². The summed E-state index contributed by atoms with van der Waals surface area (Å²) in [5.74, 6) is -0.411. The average Bonchev–Trinajstić information content (AvgIpc) is 3.19. The number of hydrogen-bond donors (Lipinski definition) is 1. The Morgan fingerprint density at radius 1 is 1.09 bits per heavy atom. The lowest BCUT2D eigenvalue weighted by Crippen LogP contribution is -2.42. The monoisotopic (exact) mass is 515 g/mol. The van der Waals surface area contributed by atoms with E-state index in [9.17, 15) is 8.94 Å². The van der Waals surface area contributed by atoms with Crippen molar-refractivity contribution < 1.29 is 13.5 Å².